The van der Waals surface area contributed by atoms with Crippen molar-refractivity contribution in [3.63, 3.8) is 0 Å². The molecule has 0 aliphatic rings. The zero-order chi connectivity index (χ0) is 19.8. The van der Waals surface area contributed by atoms with Gasteiger partial charge in [0.25, 0.3) is 10.1 Å². The van der Waals surface area contributed by atoms with Crippen LogP contribution in [0, 0.1) is 0 Å². The van der Waals surface area contributed by atoms with Crippen LogP contribution in [0.1, 0.15) is 20.7 Å². The number of carboxylic acid groups (broad SMARTS) is 4. The Labute approximate surface area is 139 Å². The number of aromatic carboxylic acids is 2. The van der Waals surface area contributed by atoms with Gasteiger partial charge >= 0.3 is 23.9 Å². The number of ether oxygens (including phenoxy) is 1. The zero-order valence-electron chi connectivity index (χ0n) is 12.1. The van der Waals surface area contributed by atoms with Gasteiger partial charge in [-0.05, 0) is 18.2 Å². The molecule has 0 saturated heterocycles. The third-order valence-corrected chi connectivity index (χ3v) is 2.98. The summed E-state index contributed by atoms with van der Waals surface area (Å²) in [5, 5.41) is 33.0. The predicted molar refractivity (Wildman–Crippen MR) is 76.3 cm³/mol. The molecule has 0 aliphatic carbocycles. The summed E-state index contributed by atoms with van der Waals surface area (Å²) in [5.74, 6) is -5.33. The fraction of sp³-hybridized carbons (Fsp3) is 0.167. The molecular formula is C12H12O12S. The molecule has 0 saturated carbocycles. The molecule has 0 unspecified atom stereocenters. The van der Waals surface area contributed by atoms with Gasteiger partial charge in [0.2, 0.25) is 0 Å². The summed E-state index contributed by atoms with van der Waals surface area (Å²) < 4.78 is 34.3. The molecule has 12 nitrogen and oxygen atoms in total. The van der Waals surface area contributed by atoms with Crippen molar-refractivity contribution in [1.82, 2.24) is 0 Å². The van der Waals surface area contributed by atoms with E-state index in [1.165, 1.54) is 0 Å². The standard InChI is InChI=1S/C8H6O7S.C4H6O5/c9-7(10)4-1-5(8(11)12)3-6(2-4)16(13,14)15;5-3(6)1-9-2-4(7)8/h1-3H,(H,9,10)(H,11,12)(H,13,14,15);1-2H2,(H,5,6)(H,7,8). The van der Waals surface area contributed by atoms with Crippen molar-refractivity contribution in [2.75, 3.05) is 13.2 Å². The lowest BCUT2D eigenvalue weighted by Gasteiger charge is -2.02. The second kappa shape index (κ2) is 9.31. The van der Waals surface area contributed by atoms with Crippen LogP contribution in [0.25, 0.3) is 0 Å². The fourth-order valence-electron chi connectivity index (χ4n) is 1.22. The zero-order valence-corrected chi connectivity index (χ0v) is 13.0. The predicted octanol–water partition coefficient (Wildman–Crippen LogP) is -0.498. The Bertz CT molecular complexity index is 733. The molecule has 25 heavy (non-hydrogen) atoms. The molecule has 0 spiro atoms. The normalized spacial score (nSPS) is 10.3. The van der Waals surface area contributed by atoms with Gasteiger partial charge in [0.15, 0.2) is 0 Å². The molecule has 13 heteroatoms. The van der Waals surface area contributed by atoms with Gasteiger partial charge in [0.05, 0.1) is 16.0 Å². The minimum atomic E-state index is -4.64. The first kappa shape index (κ1) is 22.0. The van der Waals surface area contributed by atoms with Gasteiger partial charge in [-0.2, -0.15) is 8.42 Å². The van der Waals surface area contributed by atoms with Crippen molar-refractivity contribution in [3.05, 3.63) is 29.3 Å². The highest BCUT2D eigenvalue weighted by molar-refractivity contribution is 7.85. The Balaban J connectivity index is 0.000000547. The van der Waals surface area contributed by atoms with E-state index < -0.39 is 63.2 Å². The lowest BCUT2D eigenvalue weighted by atomic mass is 10.1. The highest BCUT2D eigenvalue weighted by Crippen LogP contribution is 2.15. The average molecular weight is 380 g/mol. The molecule has 0 bridgehead atoms. The van der Waals surface area contributed by atoms with Crippen LogP contribution in [-0.2, 0) is 24.4 Å². The molecule has 0 radical (unpaired) electrons. The Morgan fingerprint density at radius 3 is 1.40 bits per heavy atom. The third-order valence-electron chi connectivity index (χ3n) is 2.15. The van der Waals surface area contributed by atoms with Crippen molar-refractivity contribution in [2.24, 2.45) is 0 Å². The molecule has 0 heterocycles. The van der Waals surface area contributed by atoms with Gasteiger partial charge in [0.1, 0.15) is 13.2 Å². The van der Waals surface area contributed by atoms with Crippen molar-refractivity contribution >= 4 is 34.0 Å². The summed E-state index contributed by atoms with van der Waals surface area (Å²) in [4.78, 5) is 39.7. The summed E-state index contributed by atoms with van der Waals surface area (Å²) in [6.45, 7) is -1.13. The number of hydrogen-bond acceptors (Lipinski definition) is 7. The van der Waals surface area contributed by atoms with E-state index in [-0.39, 0.29) is 0 Å². The van der Waals surface area contributed by atoms with E-state index in [1.54, 1.807) is 0 Å². The molecule has 138 valence electrons. The Morgan fingerprint density at radius 1 is 0.800 bits per heavy atom. The number of hydrogen-bond donors (Lipinski definition) is 5. The largest absolute Gasteiger partial charge is 0.480 e. The summed E-state index contributed by atoms with van der Waals surface area (Å²) >= 11 is 0. The number of aliphatic carboxylic acids is 2. The van der Waals surface area contributed by atoms with Crippen LogP contribution in [0.2, 0.25) is 0 Å². The molecule has 0 aliphatic heterocycles. The van der Waals surface area contributed by atoms with Gasteiger partial charge in [0, 0.05) is 0 Å². The van der Waals surface area contributed by atoms with Crippen molar-refractivity contribution < 1.29 is 57.3 Å². The highest BCUT2D eigenvalue weighted by atomic mass is 32.2. The monoisotopic (exact) mass is 380 g/mol. The number of benzene rings is 1. The van der Waals surface area contributed by atoms with E-state index in [4.69, 9.17) is 25.0 Å². The first-order valence-electron chi connectivity index (χ1n) is 5.95. The summed E-state index contributed by atoms with van der Waals surface area (Å²) in [6.07, 6.45) is 0. The van der Waals surface area contributed by atoms with Crippen molar-refractivity contribution in [1.29, 1.82) is 0 Å². The number of rotatable bonds is 7. The molecule has 1 rings (SSSR count). The van der Waals surface area contributed by atoms with Gasteiger partial charge in [-0.25, -0.2) is 19.2 Å². The van der Waals surface area contributed by atoms with Gasteiger partial charge in [-0.15, -0.1) is 0 Å². The Hall–Kier alpha value is -3.03. The van der Waals surface area contributed by atoms with E-state index in [0.717, 1.165) is 6.07 Å². The number of carboxylic acids is 4. The molecule has 0 amide bonds. The number of carbonyl (C=O) groups is 4. The van der Waals surface area contributed by atoms with Crippen LogP contribution in [0.15, 0.2) is 23.1 Å². The van der Waals surface area contributed by atoms with Gasteiger partial charge < -0.3 is 25.2 Å². The third kappa shape index (κ3) is 8.99. The topological polar surface area (TPSA) is 213 Å². The SMILES string of the molecule is O=C(O)COCC(=O)O.O=C(O)c1cc(C(=O)O)cc(S(=O)(=O)O)c1. The molecule has 0 aromatic heterocycles. The first-order chi connectivity index (χ1) is 11.3. The van der Waals surface area contributed by atoms with Crippen molar-refractivity contribution in [2.45, 2.75) is 4.90 Å². The summed E-state index contributed by atoms with van der Waals surface area (Å²) in [6, 6.07) is 2.13. The quantitative estimate of drug-likeness (QED) is 0.379. The van der Waals surface area contributed by atoms with Crippen LogP contribution in [0.3, 0.4) is 0 Å². The minimum absolute atomic E-state index is 0.535. The maximum atomic E-state index is 10.8. The molecule has 0 fully saturated rings. The Morgan fingerprint density at radius 2 is 1.16 bits per heavy atom. The van der Waals surface area contributed by atoms with Crippen molar-refractivity contribution in [3.8, 4) is 0 Å². The molecule has 1 aromatic carbocycles. The minimum Gasteiger partial charge on any atom is -0.480 e. The van der Waals surface area contributed by atoms with E-state index in [2.05, 4.69) is 4.74 Å². The first-order valence-corrected chi connectivity index (χ1v) is 7.39. The molecular weight excluding hydrogens is 368 g/mol. The maximum absolute atomic E-state index is 10.8. The van der Waals surface area contributed by atoms with E-state index in [9.17, 15) is 27.6 Å². The fourth-order valence-corrected chi connectivity index (χ4v) is 1.77. The van der Waals surface area contributed by atoms with Crippen LogP contribution in [0.5, 0.6) is 0 Å². The van der Waals surface area contributed by atoms with Gasteiger partial charge in [-0.3, -0.25) is 4.55 Å². The van der Waals surface area contributed by atoms with E-state index >= 15 is 0 Å². The summed E-state index contributed by atoms with van der Waals surface area (Å²) in [5.41, 5.74) is -1.07. The van der Waals surface area contributed by atoms with E-state index in [1.807, 2.05) is 0 Å². The molecule has 1 aromatic rings. The summed E-state index contributed by atoms with van der Waals surface area (Å²) in [7, 11) is -4.64. The smallest absolute Gasteiger partial charge is 0.335 e. The van der Waals surface area contributed by atoms with Crippen LogP contribution < -0.4 is 0 Å². The average Bonchev–Trinajstić information content (AvgIpc) is 2.45. The van der Waals surface area contributed by atoms with Crippen LogP contribution in [-0.4, -0.2) is 70.5 Å². The molecule has 0 atom stereocenters. The van der Waals surface area contributed by atoms with E-state index in [0.29, 0.717) is 12.1 Å². The van der Waals surface area contributed by atoms with Crippen LogP contribution in [0.4, 0.5) is 0 Å². The lowest BCUT2D eigenvalue weighted by Crippen LogP contribution is -2.13. The highest BCUT2D eigenvalue weighted by Gasteiger charge is 2.17. The Kier molecular flexibility index (Phi) is 8.18. The second-order valence-corrected chi connectivity index (χ2v) is 5.53. The second-order valence-electron chi connectivity index (χ2n) is 4.11. The maximum Gasteiger partial charge on any atom is 0.335 e. The lowest BCUT2D eigenvalue weighted by molar-refractivity contribution is -0.148. The van der Waals surface area contributed by atoms with Crippen LogP contribution >= 0.6 is 0 Å². The molecule has 5 N–H and O–H groups in total. The van der Waals surface area contributed by atoms with Gasteiger partial charge in [-0.1, -0.05) is 0 Å².